The number of benzene rings is 2. The second kappa shape index (κ2) is 7.60. The maximum absolute atomic E-state index is 12.7. The van der Waals surface area contributed by atoms with Crippen LogP contribution in [-0.4, -0.2) is 32.2 Å². The topological polar surface area (TPSA) is 82.8 Å². The number of carbonyl (C=O) groups is 1. The minimum absolute atomic E-state index is 0.302. The number of carbonyl (C=O) groups excluding carboxylic acids is 1. The van der Waals surface area contributed by atoms with E-state index >= 15 is 0 Å². The van der Waals surface area contributed by atoms with Crippen molar-refractivity contribution < 1.29 is 23.4 Å². The van der Waals surface area contributed by atoms with E-state index < -0.39 is 0 Å². The standard InChI is InChI=1S/C19H18N2O5/c1-23-15-8-7-14(17(24-2)18(15)25-3)19(22)21-13-6-4-5-12(9-13)16-10-20-11-26-16/h4-11H,1-3H3,(H,21,22). The second-order valence-corrected chi connectivity index (χ2v) is 5.28. The van der Waals surface area contributed by atoms with Gasteiger partial charge in [0, 0.05) is 11.3 Å². The third-order valence-electron chi connectivity index (χ3n) is 3.79. The number of rotatable bonds is 6. The van der Waals surface area contributed by atoms with Gasteiger partial charge in [0.15, 0.2) is 23.7 Å². The lowest BCUT2D eigenvalue weighted by molar-refractivity contribution is 0.102. The smallest absolute Gasteiger partial charge is 0.259 e. The van der Waals surface area contributed by atoms with E-state index in [2.05, 4.69) is 10.3 Å². The van der Waals surface area contributed by atoms with Crippen LogP contribution in [0.25, 0.3) is 11.3 Å². The molecule has 0 aliphatic rings. The van der Waals surface area contributed by atoms with Crippen molar-refractivity contribution in [3.8, 4) is 28.6 Å². The molecular weight excluding hydrogens is 336 g/mol. The molecule has 3 aromatic rings. The Balaban J connectivity index is 1.90. The monoisotopic (exact) mass is 354 g/mol. The minimum atomic E-state index is -0.336. The van der Waals surface area contributed by atoms with Crippen LogP contribution >= 0.6 is 0 Å². The lowest BCUT2D eigenvalue weighted by Gasteiger charge is -2.15. The quantitative estimate of drug-likeness (QED) is 0.728. The van der Waals surface area contributed by atoms with Crippen LogP contribution in [0.2, 0.25) is 0 Å². The number of ether oxygens (including phenoxy) is 3. The third-order valence-corrected chi connectivity index (χ3v) is 3.79. The van der Waals surface area contributed by atoms with Gasteiger partial charge in [-0.15, -0.1) is 0 Å². The van der Waals surface area contributed by atoms with Crippen molar-refractivity contribution in [3.63, 3.8) is 0 Å². The van der Waals surface area contributed by atoms with Crippen LogP contribution < -0.4 is 19.5 Å². The third kappa shape index (κ3) is 3.32. The summed E-state index contributed by atoms with van der Waals surface area (Å²) >= 11 is 0. The van der Waals surface area contributed by atoms with Crippen molar-refractivity contribution in [2.45, 2.75) is 0 Å². The summed E-state index contributed by atoms with van der Waals surface area (Å²) in [5.41, 5.74) is 1.75. The van der Waals surface area contributed by atoms with Gasteiger partial charge in [0.2, 0.25) is 5.75 Å². The van der Waals surface area contributed by atoms with Gasteiger partial charge in [-0.2, -0.15) is 0 Å². The minimum Gasteiger partial charge on any atom is -0.493 e. The zero-order valence-electron chi connectivity index (χ0n) is 14.6. The molecule has 1 N–H and O–H groups in total. The molecule has 1 amide bonds. The molecule has 2 aromatic carbocycles. The van der Waals surface area contributed by atoms with Crippen molar-refractivity contribution in [3.05, 3.63) is 54.6 Å². The van der Waals surface area contributed by atoms with E-state index in [1.54, 1.807) is 30.5 Å². The Morgan fingerprint density at radius 1 is 1.04 bits per heavy atom. The summed E-state index contributed by atoms with van der Waals surface area (Å²) in [4.78, 5) is 16.6. The van der Waals surface area contributed by atoms with Crippen LogP contribution in [0.4, 0.5) is 5.69 Å². The van der Waals surface area contributed by atoms with Gasteiger partial charge in [-0.05, 0) is 24.3 Å². The average Bonchev–Trinajstić information content (AvgIpc) is 3.21. The van der Waals surface area contributed by atoms with Gasteiger partial charge in [-0.25, -0.2) is 4.98 Å². The summed E-state index contributed by atoms with van der Waals surface area (Å²) in [7, 11) is 4.48. The van der Waals surface area contributed by atoms with Crippen LogP contribution in [0.15, 0.2) is 53.4 Å². The number of hydrogen-bond donors (Lipinski definition) is 1. The first kappa shape index (κ1) is 17.3. The highest BCUT2D eigenvalue weighted by atomic mass is 16.5. The van der Waals surface area contributed by atoms with Gasteiger partial charge in [-0.1, -0.05) is 12.1 Å². The van der Waals surface area contributed by atoms with Crippen LogP contribution in [-0.2, 0) is 0 Å². The molecule has 0 saturated carbocycles. The summed E-state index contributed by atoms with van der Waals surface area (Å²) in [6, 6.07) is 10.5. The van der Waals surface area contributed by atoms with Crippen molar-refractivity contribution in [1.82, 2.24) is 4.98 Å². The number of methoxy groups -OCH3 is 3. The molecule has 26 heavy (non-hydrogen) atoms. The lowest BCUT2D eigenvalue weighted by atomic mass is 10.1. The highest BCUT2D eigenvalue weighted by molar-refractivity contribution is 6.07. The first-order valence-corrected chi connectivity index (χ1v) is 7.77. The van der Waals surface area contributed by atoms with Crippen molar-refractivity contribution >= 4 is 11.6 Å². The SMILES string of the molecule is COc1ccc(C(=O)Nc2cccc(-c3cnco3)c2)c(OC)c1OC. The van der Waals surface area contributed by atoms with Gasteiger partial charge in [0.25, 0.3) is 5.91 Å². The van der Waals surface area contributed by atoms with E-state index in [0.29, 0.717) is 34.3 Å². The molecule has 0 fully saturated rings. The largest absolute Gasteiger partial charge is 0.493 e. The molecule has 1 heterocycles. The Hall–Kier alpha value is -3.48. The summed E-state index contributed by atoms with van der Waals surface area (Å²) in [5.74, 6) is 1.42. The predicted octanol–water partition coefficient (Wildman–Crippen LogP) is 3.62. The molecule has 0 unspecified atom stereocenters. The molecule has 1 aromatic heterocycles. The lowest BCUT2D eigenvalue weighted by Crippen LogP contribution is -2.14. The van der Waals surface area contributed by atoms with Gasteiger partial charge < -0.3 is 23.9 Å². The van der Waals surface area contributed by atoms with Gasteiger partial charge in [-0.3, -0.25) is 4.79 Å². The molecule has 134 valence electrons. The molecule has 3 rings (SSSR count). The van der Waals surface area contributed by atoms with E-state index in [0.717, 1.165) is 5.56 Å². The predicted molar refractivity (Wildman–Crippen MR) is 96.0 cm³/mol. The van der Waals surface area contributed by atoms with Gasteiger partial charge in [0.05, 0.1) is 33.1 Å². The fourth-order valence-electron chi connectivity index (χ4n) is 2.59. The molecule has 7 heteroatoms. The fraction of sp³-hybridized carbons (Fsp3) is 0.158. The number of nitrogens with zero attached hydrogens (tertiary/aromatic N) is 1. The van der Waals surface area contributed by atoms with Crippen LogP contribution in [0.1, 0.15) is 10.4 Å². The fourth-order valence-corrected chi connectivity index (χ4v) is 2.59. The molecule has 0 aliphatic carbocycles. The van der Waals surface area contributed by atoms with Crippen molar-refractivity contribution in [2.24, 2.45) is 0 Å². The van der Waals surface area contributed by atoms with Gasteiger partial charge in [0.1, 0.15) is 0 Å². The number of oxazole rings is 1. The summed E-state index contributed by atoms with van der Waals surface area (Å²) in [6.07, 6.45) is 2.97. The van der Waals surface area contributed by atoms with Crippen LogP contribution in [0, 0.1) is 0 Å². The highest BCUT2D eigenvalue weighted by Crippen LogP contribution is 2.40. The summed E-state index contributed by atoms with van der Waals surface area (Å²) < 4.78 is 21.2. The first-order chi connectivity index (χ1) is 12.7. The Kier molecular flexibility index (Phi) is 5.07. The normalized spacial score (nSPS) is 10.3. The molecule has 0 radical (unpaired) electrons. The first-order valence-electron chi connectivity index (χ1n) is 7.77. The van der Waals surface area contributed by atoms with E-state index in [4.69, 9.17) is 18.6 Å². The zero-order chi connectivity index (χ0) is 18.5. The van der Waals surface area contributed by atoms with Crippen molar-refractivity contribution in [1.29, 1.82) is 0 Å². The highest BCUT2D eigenvalue weighted by Gasteiger charge is 2.20. The Bertz CT molecular complexity index is 906. The molecule has 7 nitrogen and oxygen atoms in total. The van der Waals surface area contributed by atoms with Crippen molar-refractivity contribution in [2.75, 3.05) is 26.6 Å². The molecule has 0 atom stereocenters. The number of anilines is 1. The van der Waals surface area contributed by atoms with E-state index in [1.165, 1.54) is 27.7 Å². The van der Waals surface area contributed by atoms with Gasteiger partial charge >= 0.3 is 0 Å². The number of hydrogen-bond acceptors (Lipinski definition) is 6. The Morgan fingerprint density at radius 3 is 2.50 bits per heavy atom. The summed E-state index contributed by atoms with van der Waals surface area (Å²) in [6.45, 7) is 0. The average molecular weight is 354 g/mol. The number of amides is 1. The van der Waals surface area contributed by atoms with Crippen LogP contribution in [0.3, 0.4) is 0 Å². The molecule has 0 spiro atoms. The molecular formula is C19H18N2O5. The number of nitrogens with one attached hydrogen (secondary N) is 1. The zero-order valence-corrected chi connectivity index (χ0v) is 14.6. The molecule has 0 aliphatic heterocycles. The molecule has 0 bridgehead atoms. The second-order valence-electron chi connectivity index (χ2n) is 5.28. The Morgan fingerprint density at radius 2 is 1.85 bits per heavy atom. The summed E-state index contributed by atoms with van der Waals surface area (Å²) in [5, 5.41) is 2.85. The van der Waals surface area contributed by atoms with E-state index in [9.17, 15) is 4.79 Å². The molecule has 0 saturated heterocycles. The van der Waals surface area contributed by atoms with Crippen LogP contribution in [0.5, 0.6) is 17.2 Å². The Labute approximate surface area is 150 Å². The maximum atomic E-state index is 12.7. The number of aromatic nitrogens is 1. The van der Waals surface area contributed by atoms with E-state index in [-0.39, 0.29) is 5.91 Å². The maximum Gasteiger partial charge on any atom is 0.259 e. The van der Waals surface area contributed by atoms with E-state index in [1.807, 2.05) is 12.1 Å².